The van der Waals surface area contributed by atoms with Crippen molar-refractivity contribution in [3.8, 4) is 5.75 Å². The third-order valence-electron chi connectivity index (χ3n) is 4.26. The Balaban J connectivity index is 0.00000729. The molecule has 2 N–H and O–H groups in total. The SMILES string of the molecule is CCN(CC)CCCC(C)NC(=NC)NCc1ccccc1OC(F)(F)F.I. The van der Waals surface area contributed by atoms with Gasteiger partial charge in [-0.2, -0.15) is 0 Å². The van der Waals surface area contributed by atoms with E-state index in [9.17, 15) is 13.2 Å². The van der Waals surface area contributed by atoms with Crippen molar-refractivity contribution in [1.82, 2.24) is 15.5 Å². The molecule has 1 aromatic rings. The Morgan fingerprint density at radius 3 is 2.43 bits per heavy atom. The number of halogens is 4. The number of rotatable bonds is 10. The van der Waals surface area contributed by atoms with E-state index in [-0.39, 0.29) is 42.3 Å². The molecule has 1 unspecified atom stereocenters. The summed E-state index contributed by atoms with van der Waals surface area (Å²) in [5.41, 5.74) is 0.409. The van der Waals surface area contributed by atoms with Gasteiger partial charge in [-0.25, -0.2) is 0 Å². The summed E-state index contributed by atoms with van der Waals surface area (Å²) in [5, 5.41) is 6.32. The number of alkyl halides is 3. The van der Waals surface area contributed by atoms with Crippen LogP contribution in [0.25, 0.3) is 0 Å². The van der Waals surface area contributed by atoms with Gasteiger partial charge in [-0.3, -0.25) is 4.99 Å². The van der Waals surface area contributed by atoms with E-state index in [0.29, 0.717) is 11.5 Å². The third-order valence-corrected chi connectivity index (χ3v) is 4.26. The molecule has 5 nitrogen and oxygen atoms in total. The molecule has 28 heavy (non-hydrogen) atoms. The van der Waals surface area contributed by atoms with Gasteiger partial charge in [0, 0.05) is 25.2 Å². The number of para-hydroxylation sites is 1. The molecule has 1 rings (SSSR count). The van der Waals surface area contributed by atoms with Gasteiger partial charge < -0.3 is 20.3 Å². The van der Waals surface area contributed by atoms with Crippen LogP contribution >= 0.6 is 24.0 Å². The van der Waals surface area contributed by atoms with Crippen LogP contribution in [-0.4, -0.2) is 49.9 Å². The summed E-state index contributed by atoms with van der Waals surface area (Å²) < 4.78 is 41.6. The van der Waals surface area contributed by atoms with Gasteiger partial charge >= 0.3 is 6.36 Å². The highest BCUT2D eigenvalue weighted by Crippen LogP contribution is 2.26. The number of aliphatic imine (C=N–C) groups is 1. The highest BCUT2D eigenvalue weighted by molar-refractivity contribution is 14.0. The zero-order valence-electron chi connectivity index (χ0n) is 17.0. The van der Waals surface area contributed by atoms with E-state index in [1.54, 1.807) is 19.2 Å². The summed E-state index contributed by atoms with van der Waals surface area (Å²) in [5.74, 6) is 0.340. The van der Waals surface area contributed by atoms with Crippen molar-refractivity contribution in [2.75, 3.05) is 26.7 Å². The summed E-state index contributed by atoms with van der Waals surface area (Å²) >= 11 is 0. The minimum Gasteiger partial charge on any atom is -0.405 e. The maximum Gasteiger partial charge on any atom is 0.573 e. The zero-order chi connectivity index (χ0) is 20.3. The first-order valence-corrected chi connectivity index (χ1v) is 9.32. The molecular formula is C19H32F3IN4O. The second-order valence-electron chi connectivity index (χ2n) is 6.30. The molecule has 0 saturated carbocycles. The fourth-order valence-electron chi connectivity index (χ4n) is 2.71. The molecular weight excluding hydrogens is 484 g/mol. The fraction of sp³-hybridized carbons (Fsp3) is 0.632. The van der Waals surface area contributed by atoms with Crippen LogP contribution in [0.15, 0.2) is 29.3 Å². The lowest BCUT2D eigenvalue weighted by Gasteiger charge is -2.21. The quantitative estimate of drug-likeness (QED) is 0.276. The molecule has 0 aromatic heterocycles. The Morgan fingerprint density at radius 2 is 1.86 bits per heavy atom. The average molecular weight is 516 g/mol. The average Bonchev–Trinajstić information content (AvgIpc) is 2.62. The summed E-state index contributed by atoms with van der Waals surface area (Å²) in [6.07, 6.45) is -2.67. The molecule has 1 atom stereocenters. The highest BCUT2D eigenvalue weighted by Gasteiger charge is 2.31. The minimum atomic E-state index is -4.71. The van der Waals surface area contributed by atoms with Crippen molar-refractivity contribution in [3.05, 3.63) is 29.8 Å². The maximum absolute atomic E-state index is 12.5. The van der Waals surface area contributed by atoms with E-state index >= 15 is 0 Å². The van der Waals surface area contributed by atoms with Crippen molar-refractivity contribution in [1.29, 1.82) is 0 Å². The van der Waals surface area contributed by atoms with Gasteiger partial charge in [0.2, 0.25) is 0 Å². The third kappa shape index (κ3) is 10.9. The van der Waals surface area contributed by atoms with Gasteiger partial charge in [0.15, 0.2) is 5.96 Å². The molecule has 0 heterocycles. The van der Waals surface area contributed by atoms with Crippen LogP contribution in [0.3, 0.4) is 0 Å². The molecule has 0 bridgehead atoms. The standard InChI is InChI=1S/C19H31F3N4O.HI/c1-5-26(6-2)13-9-10-15(3)25-18(23-4)24-14-16-11-7-8-12-17(16)27-19(20,21)22;/h7-8,11-12,15H,5-6,9-10,13-14H2,1-4H3,(H2,23,24,25);1H. The van der Waals surface area contributed by atoms with Crippen LogP contribution in [0.5, 0.6) is 5.75 Å². The lowest BCUT2D eigenvalue weighted by Crippen LogP contribution is -2.42. The minimum absolute atomic E-state index is 0. The first kappa shape index (κ1) is 26.8. The van der Waals surface area contributed by atoms with E-state index in [1.165, 1.54) is 12.1 Å². The normalized spacial score (nSPS) is 13.1. The van der Waals surface area contributed by atoms with E-state index < -0.39 is 6.36 Å². The maximum atomic E-state index is 12.5. The van der Waals surface area contributed by atoms with Crippen molar-refractivity contribution in [3.63, 3.8) is 0 Å². The van der Waals surface area contributed by atoms with Crippen molar-refractivity contribution in [2.24, 2.45) is 4.99 Å². The topological polar surface area (TPSA) is 48.9 Å². The fourth-order valence-corrected chi connectivity index (χ4v) is 2.71. The Bertz CT molecular complexity index is 581. The van der Waals surface area contributed by atoms with Gasteiger partial charge in [0.1, 0.15) is 5.75 Å². The van der Waals surface area contributed by atoms with E-state index in [4.69, 9.17) is 0 Å². The van der Waals surface area contributed by atoms with Crippen LogP contribution in [0.2, 0.25) is 0 Å². The summed E-state index contributed by atoms with van der Waals surface area (Å²) in [6.45, 7) is 9.68. The van der Waals surface area contributed by atoms with Crippen LogP contribution in [0.1, 0.15) is 39.2 Å². The number of ether oxygens (including phenoxy) is 1. The van der Waals surface area contributed by atoms with Gasteiger partial charge in [0.25, 0.3) is 0 Å². The van der Waals surface area contributed by atoms with Crippen LogP contribution in [0, 0.1) is 0 Å². The summed E-state index contributed by atoms with van der Waals surface area (Å²) in [6, 6.07) is 6.28. The second-order valence-corrected chi connectivity index (χ2v) is 6.30. The summed E-state index contributed by atoms with van der Waals surface area (Å²) in [4.78, 5) is 6.52. The van der Waals surface area contributed by atoms with Gasteiger partial charge in [-0.15, -0.1) is 37.1 Å². The number of hydrogen-bond acceptors (Lipinski definition) is 3. The molecule has 1 aromatic carbocycles. The van der Waals surface area contributed by atoms with Crippen molar-refractivity contribution in [2.45, 2.75) is 52.6 Å². The van der Waals surface area contributed by atoms with Gasteiger partial charge in [-0.05, 0) is 45.5 Å². The van der Waals surface area contributed by atoms with Crippen LogP contribution in [-0.2, 0) is 6.54 Å². The molecule has 0 saturated heterocycles. The Hall–Kier alpha value is -1.23. The number of guanidine groups is 1. The first-order valence-electron chi connectivity index (χ1n) is 9.32. The van der Waals surface area contributed by atoms with Crippen LogP contribution in [0.4, 0.5) is 13.2 Å². The molecule has 0 aliphatic heterocycles. The highest BCUT2D eigenvalue weighted by atomic mass is 127. The van der Waals surface area contributed by atoms with Gasteiger partial charge in [-0.1, -0.05) is 32.0 Å². The number of benzene rings is 1. The predicted octanol–water partition coefficient (Wildman–Crippen LogP) is 4.38. The number of nitrogens with zero attached hydrogens (tertiary/aromatic N) is 2. The van der Waals surface area contributed by atoms with Gasteiger partial charge in [0.05, 0.1) is 0 Å². The van der Waals surface area contributed by atoms with Crippen molar-refractivity contribution >= 4 is 29.9 Å². The lowest BCUT2D eigenvalue weighted by atomic mass is 10.1. The molecule has 0 amide bonds. The summed E-state index contributed by atoms with van der Waals surface area (Å²) in [7, 11) is 1.63. The largest absolute Gasteiger partial charge is 0.573 e. The molecule has 0 fully saturated rings. The molecule has 162 valence electrons. The molecule has 0 radical (unpaired) electrons. The Kier molecular flexibility index (Phi) is 13.3. The van der Waals surface area contributed by atoms with E-state index in [2.05, 4.69) is 46.0 Å². The van der Waals surface area contributed by atoms with Crippen LogP contribution < -0.4 is 15.4 Å². The zero-order valence-corrected chi connectivity index (χ0v) is 19.3. The molecule has 0 aliphatic rings. The molecule has 9 heteroatoms. The molecule has 0 spiro atoms. The van der Waals surface area contributed by atoms with E-state index in [1.807, 2.05) is 0 Å². The first-order chi connectivity index (χ1) is 12.8. The smallest absolute Gasteiger partial charge is 0.405 e. The van der Waals surface area contributed by atoms with Crippen molar-refractivity contribution < 1.29 is 17.9 Å². The Labute approximate surface area is 183 Å². The number of hydrogen-bond donors (Lipinski definition) is 2. The lowest BCUT2D eigenvalue weighted by molar-refractivity contribution is -0.274. The van der Waals surface area contributed by atoms with E-state index in [0.717, 1.165) is 32.5 Å². The number of nitrogens with one attached hydrogen (secondary N) is 2. The monoisotopic (exact) mass is 516 g/mol. The predicted molar refractivity (Wildman–Crippen MR) is 118 cm³/mol. The molecule has 0 aliphatic carbocycles. The second kappa shape index (κ2) is 13.9. The Morgan fingerprint density at radius 1 is 1.21 bits per heavy atom.